The predicted molar refractivity (Wildman–Crippen MR) is 94.8 cm³/mol. The number of nitrogens with zero attached hydrogens (tertiary/aromatic N) is 2. The normalized spacial score (nSPS) is 18.2. The summed E-state index contributed by atoms with van der Waals surface area (Å²) >= 11 is 0. The van der Waals surface area contributed by atoms with Crippen LogP contribution in [0.1, 0.15) is 43.6 Å². The minimum absolute atomic E-state index is 0.0666. The van der Waals surface area contributed by atoms with Gasteiger partial charge in [0.1, 0.15) is 11.4 Å². The number of carbonyl (C=O) groups excluding carboxylic acids is 1. The molecule has 1 aliphatic heterocycles. The van der Waals surface area contributed by atoms with Crippen molar-refractivity contribution in [3.05, 3.63) is 23.0 Å². The van der Waals surface area contributed by atoms with Gasteiger partial charge in [0, 0.05) is 44.1 Å². The van der Waals surface area contributed by atoms with Crippen molar-refractivity contribution in [3.63, 3.8) is 0 Å². The molecule has 25 heavy (non-hydrogen) atoms. The van der Waals surface area contributed by atoms with Gasteiger partial charge in [0.2, 0.25) is 0 Å². The molecule has 1 fully saturated rings. The van der Waals surface area contributed by atoms with Gasteiger partial charge in [0.25, 0.3) is 0 Å². The molecule has 7 heteroatoms. The van der Waals surface area contributed by atoms with Crippen LogP contribution in [-0.2, 0) is 16.1 Å². The Hall–Kier alpha value is -1.86. The van der Waals surface area contributed by atoms with E-state index in [1.54, 1.807) is 19.1 Å². The average Bonchev–Trinajstić information content (AvgIpc) is 2.55. The molecular weight excluding hydrogens is 322 g/mol. The van der Waals surface area contributed by atoms with Crippen molar-refractivity contribution < 1.29 is 19.0 Å². The molecule has 1 N–H and O–H groups in total. The molecular formula is C18H29N3O4. The maximum atomic E-state index is 12.4. The first-order valence-electron chi connectivity index (χ1n) is 8.49. The Morgan fingerprint density at radius 2 is 2.12 bits per heavy atom. The maximum absolute atomic E-state index is 12.4. The number of rotatable bonds is 4. The first-order valence-corrected chi connectivity index (χ1v) is 8.49. The van der Waals surface area contributed by atoms with E-state index in [1.165, 1.54) is 0 Å². The second kappa shape index (κ2) is 8.01. The van der Waals surface area contributed by atoms with Gasteiger partial charge < -0.3 is 24.4 Å². The predicted octanol–water partition coefficient (Wildman–Crippen LogP) is 2.43. The molecule has 1 saturated heterocycles. The molecule has 0 aromatic carbocycles. The van der Waals surface area contributed by atoms with Crippen molar-refractivity contribution in [3.8, 4) is 5.75 Å². The van der Waals surface area contributed by atoms with Gasteiger partial charge in [-0.15, -0.1) is 0 Å². The highest BCUT2D eigenvalue weighted by molar-refractivity contribution is 5.68. The van der Waals surface area contributed by atoms with E-state index < -0.39 is 5.60 Å². The second-order valence-corrected chi connectivity index (χ2v) is 7.18. The van der Waals surface area contributed by atoms with Crippen molar-refractivity contribution in [2.45, 2.75) is 45.9 Å². The summed E-state index contributed by atoms with van der Waals surface area (Å²) in [6.45, 7) is 9.75. The SMILES string of the molecule is COCc1cnc(C)c(OC)c1C1CN(C(=O)OC(C)(C)C)CCN1. The van der Waals surface area contributed by atoms with E-state index >= 15 is 0 Å². The summed E-state index contributed by atoms with van der Waals surface area (Å²) in [5, 5.41) is 3.47. The van der Waals surface area contributed by atoms with Crippen LogP contribution in [0.3, 0.4) is 0 Å². The third-order valence-corrected chi connectivity index (χ3v) is 4.01. The Labute approximate surface area is 149 Å². The van der Waals surface area contributed by atoms with Gasteiger partial charge in [0.15, 0.2) is 0 Å². The van der Waals surface area contributed by atoms with Gasteiger partial charge in [-0.2, -0.15) is 0 Å². The molecule has 1 atom stereocenters. The fourth-order valence-corrected chi connectivity index (χ4v) is 2.99. The van der Waals surface area contributed by atoms with Gasteiger partial charge in [-0.1, -0.05) is 0 Å². The second-order valence-electron chi connectivity index (χ2n) is 7.18. The number of aryl methyl sites for hydroxylation is 1. The van der Waals surface area contributed by atoms with Gasteiger partial charge in [-0.05, 0) is 27.7 Å². The molecule has 7 nitrogen and oxygen atoms in total. The Morgan fingerprint density at radius 3 is 2.72 bits per heavy atom. The lowest BCUT2D eigenvalue weighted by Gasteiger charge is -2.36. The number of amides is 1. The molecule has 0 radical (unpaired) electrons. The summed E-state index contributed by atoms with van der Waals surface area (Å²) in [6, 6.07) is -0.0666. The molecule has 1 aromatic heterocycles. The van der Waals surface area contributed by atoms with Gasteiger partial charge in [0.05, 0.1) is 25.5 Å². The lowest BCUT2D eigenvalue weighted by Crippen LogP contribution is -2.50. The van der Waals surface area contributed by atoms with E-state index in [2.05, 4.69) is 10.3 Å². The Morgan fingerprint density at radius 1 is 1.40 bits per heavy atom. The third kappa shape index (κ3) is 4.83. The fourth-order valence-electron chi connectivity index (χ4n) is 2.99. The van der Waals surface area contributed by atoms with Crippen molar-refractivity contribution in [2.24, 2.45) is 0 Å². The van der Waals surface area contributed by atoms with Crippen LogP contribution in [0.4, 0.5) is 4.79 Å². The highest BCUT2D eigenvalue weighted by Gasteiger charge is 2.31. The van der Waals surface area contributed by atoms with E-state index in [4.69, 9.17) is 14.2 Å². The third-order valence-electron chi connectivity index (χ3n) is 4.01. The van der Waals surface area contributed by atoms with Crippen LogP contribution in [0.2, 0.25) is 0 Å². The lowest BCUT2D eigenvalue weighted by atomic mass is 9.98. The van der Waals surface area contributed by atoms with Crippen molar-refractivity contribution >= 4 is 6.09 Å². The summed E-state index contributed by atoms with van der Waals surface area (Å²) in [4.78, 5) is 18.6. The Kier molecular flexibility index (Phi) is 6.24. The smallest absolute Gasteiger partial charge is 0.410 e. The Bertz CT molecular complexity index is 613. The molecule has 1 aliphatic rings. The van der Waals surface area contributed by atoms with Crippen LogP contribution in [0, 0.1) is 6.92 Å². The van der Waals surface area contributed by atoms with Gasteiger partial charge in [-0.3, -0.25) is 4.98 Å². The Balaban J connectivity index is 2.28. The molecule has 1 amide bonds. The van der Waals surface area contributed by atoms with Crippen LogP contribution in [0.25, 0.3) is 0 Å². The molecule has 0 spiro atoms. The van der Waals surface area contributed by atoms with Crippen LogP contribution in [-0.4, -0.2) is 55.4 Å². The first kappa shape index (κ1) is 19.5. The van der Waals surface area contributed by atoms with Crippen LogP contribution in [0.5, 0.6) is 5.75 Å². The first-order chi connectivity index (χ1) is 11.8. The number of carbonyl (C=O) groups is 1. The topological polar surface area (TPSA) is 72.9 Å². The number of hydrogen-bond donors (Lipinski definition) is 1. The molecule has 2 rings (SSSR count). The number of aromatic nitrogens is 1. The number of methoxy groups -OCH3 is 2. The molecule has 1 aromatic rings. The summed E-state index contributed by atoms with van der Waals surface area (Å²) < 4.78 is 16.4. The van der Waals surface area contributed by atoms with Crippen molar-refractivity contribution in [2.75, 3.05) is 33.9 Å². The van der Waals surface area contributed by atoms with E-state index in [9.17, 15) is 4.79 Å². The largest absolute Gasteiger partial charge is 0.494 e. The number of piperazine rings is 1. The maximum Gasteiger partial charge on any atom is 0.410 e. The number of pyridine rings is 1. The standard InChI is InChI=1S/C18H29N3O4/c1-12-16(24-6)15(13(9-20-12)11-23-5)14-10-21(8-7-19-14)17(22)25-18(2,3)4/h9,14,19H,7-8,10-11H2,1-6H3. The number of hydrogen-bond acceptors (Lipinski definition) is 6. The highest BCUT2D eigenvalue weighted by atomic mass is 16.6. The van der Waals surface area contributed by atoms with Gasteiger partial charge in [-0.25, -0.2) is 4.79 Å². The van der Waals surface area contributed by atoms with Crippen LogP contribution < -0.4 is 10.1 Å². The number of ether oxygens (including phenoxy) is 3. The van der Waals surface area contributed by atoms with E-state index in [-0.39, 0.29) is 12.1 Å². The minimum Gasteiger partial charge on any atom is -0.494 e. The van der Waals surface area contributed by atoms with E-state index in [0.29, 0.717) is 26.2 Å². The molecule has 1 unspecified atom stereocenters. The quantitative estimate of drug-likeness (QED) is 0.898. The average molecular weight is 351 g/mol. The van der Waals surface area contributed by atoms with Crippen LogP contribution >= 0.6 is 0 Å². The molecule has 2 heterocycles. The molecule has 0 aliphatic carbocycles. The van der Waals surface area contributed by atoms with Crippen molar-refractivity contribution in [1.29, 1.82) is 0 Å². The highest BCUT2D eigenvalue weighted by Crippen LogP contribution is 2.33. The van der Waals surface area contributed by atoms with E-state index in [0.717, 1.165) is 22.6 Å². The van der Waals surface area contributed by atoms with Gasteiger partial charge >= 0.3 is 6.09 Å². The lowest BCUT2D eigenvalue weighted by molar-refractivity contribution is 0.0193. The van der Waals surface area contributed by atoms with Crippen molar-refractivity contribution in [1.82, 2.24) is 15.2 Å². The molecule has 0 bridgehead atoms. The van der Waals surface area contributed by atoms with E-state index in [1.807, 2.05) is 33.9 Å². The molecule has 140 valence electrons. The monoisotopic (exact) mass is 351 g/mol. The zero-order valence-corrected chi connectivity index (χ0v) is 16.0. The summed E-state index contributed by atoms with van der Waals surface area (Å²) in [6.07, 6.45) is 1.52. The zero-order valence-electron chi connectivity index (χ0n) is 16.0. The summed E-state index contributed by atoms with van der Waals surface area (Å²) in [7, 11) is 3.29. The molecule has 0 saturated carbocycles. The fraction of sp³-hybridized carbons (Fsp3) is 0.667. The zero-order chi connectivity index (χ0) is 18.6. The van der Waals surface area contributed by atoms with Crippen LogP contribution in [0.15, 0.2) is 6.20 Å². The minimum atomic E-state index is -0.510. The summed E-state index contributed by atoms with van der Waals surface area (Å²) in [5.74, 6) is 0.734. The summed E-state index contributed by atoms with van der Waals surface area (Å²) in [5.41, 5.74) is 2.25. The number of nitrogens with one attached hydrogen (secondary N) is 1.